The molecule has 0 aliphatic carbocycles. The summed E-state index contributed by atoms with van der Waals surface area (Å²) in [7, 11) is 0. The van der Waals surface area contributed by atoms with Gasteiger partial charge in [0.2, 0.25) is 5.91 Å². The molecule has 1 spiro atoms. The van der Waals surface area contributed by atoms with Crippen LogP contribution in [0.5, 0.6) is 0 Å². The summed E-state index contributed by atoms with van der Waals surface area (Å²) < 4.78 is 0. The lowest BCUT2D eigenvalue weighted by Gasteiger charge is -2.37. The molecule has 2 aliphatic rings. The molecule has 0 unspecified atom stereocenters. The standard InChI is InChI=1S/C22H21Cl2N3O3/c23-17-5-1-15(2-6-17)13-19(28)26-11-9-22(10-12-26)20(29)27(21(30)25-22)14-16-3-7-18(24)8-4-16/h1-8H,9-14H2,(H,25,30). The molecule has 0 bridgehead atoms. The van der Waals surface area contributed by atoms with E-state index >= 15 is 0 Å². The van der Waals surface area contributed by atoms with Gasteiger partial charge in [-0.15, -0.1) is 0 Å². The molecule has 4 rings (SSSR count). The molecule has 2 heterocycles. The fourth-order valence-electron chi connectivity index (χ4n) is 3.96. The maximum atomic E-state index is 13.1. The maximum Gasteiger partial charge on any atom is 0.325 e. The molecule has 156 valence electrons. The number of likely N-dealkylation sites (tertiary alicyclic amines) is 1. The molecular formula is C22H21Cl2N3O3. The molecule has 30 heavy (non-hydrogen) atoms. The van der Waals surface area contributed by atoms with Crippen molar-refractivity contribution in [2.24, 2.45) is 0 Å². The third-order valence-corrected chi connectivity index (χ3v) is 6.24. The third kappa shape index (κ3) is 4.16. The van der Waals surface area contributed by atoms with E-state index in [9.17, 15) is 14.4 Å². The molecule has 2 aromatic rings. The van der Waals surface area contributed by atoms with Crippen LogP contribution in [0.1, 0.15) is 24.0 Å². The van der Waals surface area contributed by atoms with Gasteiger partial charge in [0.05, 0.1) is 13.0 Å². The van der Waals surface area contributed by atoms with Gasteiger partial charge in [-0.2, -0.15) is 0 Å². The molecule has 2 fully saturated rings. The molecule has 4 amide bonds. The van der Waals surface area contributed by atoms with Crippen molar-refractivity contribution in [2.75, 3.05) is 13.1 Å². The fourth-order valence-corrected chi connectivity index (χ4v) is 4.21. The third-order valence-electron chi connectivity index (χ3n) is 5.74. The summed E-state index contributed by atoms with van der Waals surface area (Å²) in [6, 6.07) is 13.9. The van der Waals surface area contributed by atoms with E-state index in [1.54, 1.807) is 41.3 Å². The Balaban J connectivity index is 1.38. The number of piperidine rings is 1. The van der Waals surface area contributed by atoms with Gasteiger partial charge in [0.15, 0.2) is 0 Å². The van der Waals surface area contributed by atoms with Crippen LogP contribution in [0.3, 0.4) is 0 Å². The van der Waals surface area contributed by atoms with Crippen LogP contribution in [0.2, 0.25) is 10.0 Å². The predicted molar refractivity (Wildman–Crippen MR) is 114 cm³/mol. The largest absolute Gasteiger partial charge is 0.342 e. The Labute approximate surface area is 184 Å². The number of urea groups is 1. The van der Waals surface area contributed by atoms with Crippen LogP contribution in [0, 0.1) is 0 Å². The lowest BCUT2D eigenvalue weighted by atomic mass is 9.87. The van der Waals surface area contributed by atoms with Gasteiger partial charge in [0.1, 0.15) is 5.54 Å². The van der Waals surface area contributed by atoms with Crippen LogP contribution in [-0.4, -0.2) is 46.3 Å². The highest BCUT2D eigenvalue weighted by Gasteiger charge is 2.52. The van der Waals surface area contributed by atoms with Crippen molar-refractivity contribution < 1.29 is 14.4 Å². The zero-order valence-corrected chi connectivity index (χ0v) is 17.7. The lowest BCUT2D eigenvalue weighted by Crippen LogP contribution is -2.56. The van der Waals surface area contributed by atoms with E-state index in [2.05, 4.69) is 5.32 Å². The number of rotatable bonds is 4. The molecular weight excluding hydrogens is 425 g/mol. The first kappa shape index (κ1) is 20.7. The van der Waals surface area contributed by atoms with Gasteiger partial charge >= 0.3 is 6.03 Å². The molecule has 2 aliphatic heterocycles. The van der Waals surface area contributed by atoms with Gasteiger partial charge in [0, 0.05) is 23.1 Å². The maximum absolute atomic E-state index is 13.1. The summed E-state index contributed by atoms with van der Waals surface area (Å²) in [6.07, 6.45) is 1.09. The number of benzene rings is 2. The van der Waals surface area contributed by atoms with Gasteiger partial charge < -0.3 is 10.2 Å². The Morgan fingerprint density at radius 3 is 2.00 bits per heavy atom. The molecule has 2 saturated heterocycles. The number of nitrogens with zero attached hydrogens (tertiary/aromatic N) is 2. The van der Waals surface area contributed by atoms with Crippen LogP contribution in [-0.2, 0) is 22.6 Å². The van der Waals surface area contributed by atoms with Crippen LogP contribution >= 0.6 is 23.2 Å². The second-order valence-electron chi connectivity index (χ2n) is 7.71. The van der Waals surface area contributed by atoms with Crippen LogP contribution in [0.15, 0.2) is 48.5 Å². The number of imide groups is 1. The van der Waals surface area contributed by atoms with E-state index in [0.29, 0.717) is 36.0 Å². The topological polar surface area (TPSA) is 69.7 Å². The molecule has 0 saturated carbocycles. The van der Waals surface area contributed by atoms with Crippen molar-refractivity contribution in [1.29, 1.82) is 0 Å². The molecule has 8 heteroatoms. The zero-order chi connectivity index (χ0) is 21.3. The minimum atomic E-state index is -0.930. The Hall–Kier alpha value is -2.57. The van der Waals surface area contributed by atoms with Crippen molar-refractivity contribution in [1.82, 2.24) is 15.1 Å². The minimum Gasteiger partial charge on any atom is -0.342 e. The highest BCUT2D eigenvalue weighted by molar-refractivity contribution is 6.30. The van der Waals surface area contributed by atoms with E-state index in [4.69, 9.17) is 23.2 Å². The summed E-state index contributed by atoms with van der Waals surface area (Å²) in [5.41, 5.74) is 0.792. The van der Waals surface area contributed by atoms with Crippen molar-refractivity contribution in [3.05, 3.63) is 69.7 Å². The van der Waals surface area contributed by atoms with Gasteiger partial charge in [-0.1, -0.05) is 47.5 Å². The lowest BCUT2D eigenvalue weighted by molar-refractivity contribution is -0.138. The smallest absolute Gasteiger partial charge is 0.325 e. The van der Waals surface area contributed by atoms with Gasteiger partial charge in [-0.25, -0.2) is 4.79 Å². The number of carbonyl (C=O) groups excluding carboxylic acids is 3. The molecule has 2 aromatic carbocycles. The number of hydrogen-bond donors (Lipinski definition) is 1. The average molecular weight is 446 g/mol. The van der Waals surface area contributed by atoms with Crippen molar-refractivity contribution in [3.63, 3.8) is 0 Å². The second-order valence-corrected chi connectivity index (χ2v) is 8.59. The quantitative estimate of drug-likeness (QED) is 0.730. The summed E-state index contributed by atoms with van der Waals surface area (Å²) in [6.45, 7) is 1.04. The fraction of sp³-hybridized carbons (Fsp3) is 0.318. The van der Waals surface area contributed by atoms with Crippen molar-refractivity contribution in [3.8, 4) is 0 Å². The summed E-state index contributed by atoms with van der Waals surface area (Å²) in [5.74, 6) is -0.228. The average Bonchev–Trinajstić information content (AvgIpc) is 2.96. The zero-order valence-electron chi connectivity index (χ0n) is 16.2. The number of hydrogen-bond acceptors (Lipinski definition) is 3. The van der Waals surface area contributed by atoms with Crippen LogP contribution in [0.4, 0.5) is 4.79 Å². The number of nitrogens with one attached hydrogen (secondary N) is 1. The Morgan fingerprint density at radius 1 is 0.900 bits per heavy atom. The molecule has 6 nitrogen and oxygen atoms in total. The summed E-state index contributed by atoms with van der Waals surface area (Å²) in [4.78, 5) is 41.2. The van der Waals surface area contributed by atoms with Gasteiger partial charge in [0.25, 0.3) is 5.91 Å². The van der Waals surface area contributed by atoms with Crippen LogP contribution < -0.4 is 5.32 Å². The molecule has 1 N–H and O–H groups in total. The number of halogens is 2. The molecule has 0 radical (unpaired) electrons. The van der Waals surface area contributed by atoms with Crippen LogP contribution in [0.25, 0.3) is 0 Å². The van der Waals surface area contributed by atoms with E-state index < -0.39 is 11.6 Å². The summed E-state index contributed by atoms with van der Waals surface area (Å²) in [5, 5.41) is 4.10. The first-order chi connectivity index (χ1) is 14.4. The first-order valence-electron chi connectivity index (χ1n) is 9.77. The van der Waals surface area contributed by atoms with Gasteiger partial charge in [-0.05, 0) is 48.2 Å². The normalized spacial score (nSPS) is 18.1. The summed E-state index contributed by atoms with van der Waals surface area (Å²) >= 11 is 11.8. The minimum absolute atomic E-state index is 0.00182. The SMILES string of the molecule is O=C(Cc1ccc(Cl)cc1)N1CCC2(CC1)NC(=O)N(Cc1ccc(Cl)cc1)C2=O. The highest BCUT2D eigenvalue weighted by Crippen LogP contribution is 2.31. The number of carbonyl (C=O) groups is 3. The molecule has 0 atom stereocenters. The van der Waals surface area contributed by atoms with Gasteiger partial charge in [-0.3, -0.25) is 14.5 Å². The van der Waals surface area contributed by atoms with E-state index in [1.807, 2.05) is 12.1 Å². The Bertz CT molecular complexity index is 968. The van der Waals surface area contributed by atoms with E-state index in [0.717, 1.165) is 11.1 Å². The van der Waals surface area contributed by atoms with E-state index in [-0.39, 0.29) is 24.8 Å². The monoisotopic (exact) mass is 445 g/mol. The Morgan fingerprint density at radius 2 is 1.43 bits per heavy atom. The second kappa shape index (κ2) is 8.28. The van der Waals surface area contributed by atoms with Crippen molar-refractivity contribution in [2.45, 2.75) is 31.3 Å². The highest BCUT2D eigenvalue weighted by atomic mass is 35.5. The number of amides is 4. The molecule has 0 aromatic heterocycles. The van der Waals surface area contributed by atoms with E-state index in [1.165, 1.54) is 4.90 Å². The predicted octanol–water partition coefficient (Wildman–Crippen LogP) is 3.65. The Kier molecular flexibility index (Phi) is 5.71. The van der Waals surface area contributed by atoms with Crippen molar-refractivity contribution >= 4 is 41.0 Å². The first-order valence-corrected chi connectivity index (χ1v) is 10.5.